The number of unbranched alkanes of at least 4 members (excludes halogenated alkanes) is 1. The number of rotatable bonds is 2. The van der Waals surface area contributed by atoms with Gasteiger partial charge in [0.1, 0.15) is 0 Å². The maximum Gasteiger partial charge on any atom is 0.0314 e. The molecule has 0 amide bonds. The second kappa shape index (κ2) is 7.38. The molecule has 0 bridgehead atoms. The van der Waals surface area contributed by atoms with E-state index in [2.05, 4.69) is 13.8 Å². The summed E-state index contributed by atoms with van der Waals surface area (Å²) in [6.07, 6.45) is 2.64. The highest BCUT2D eigenvalue weighted by Crippen LogP contribution is 2.21. The lowest BCUT2D eigenvalue weighted by molar-refractivity contribution is 0.886. The lowest BCUT2D eigenvalue weighted by Gasteiger charge is -2.02. The summed E-state index contributed by atoms with van der Waals surface area (Å²) in [6.45, 7) is 4.36. The lowest BCUT2D eigenvalue weighted by atomic mass is 10.1. The lowest BCUT2D eigenvalue weighted by Crippen LogP contribution is -1.85. The van der Waals surface area contributed by atoms with Gasteiger partial charge in [0.15, 0.2) is 0 Å². The quantitative estimate of drug-likeness (QED) is 0.770. The van der Waals surface area contributed by atoms with Crippen LogP contribution in [-0.2, 0) is 0 Å². The maximum absolute atomic E-state index is 5.61. The third kappa shape index (κ3) is 4.50. The van der Waals surface area contributed by atoms with Crippen LogP contribution in [0.1, 0.15) is 26.7 Å². The van der Waals surface area contributed by atoms with E-state index < -0.39 is 0 Å². The Morgan fingerprint density at radius 1 is 0.611 bits per heavy atom. The fraction of sp³-hybridized carbons (Fsp3) is 0.250. The van der Waals surface area contributed by atoms with E-state index in [1.54, 1.807) is 0 Å². The van der Waals surface area contributed by atoms with Crippen LogP contribution in [0.4, 0.5) is 11.4 Å². The van der Waals surface area contributed by atoms with E-state index in [4.69, 9.17) is 11.5 Å². The van der Waals surface area contributed by atoms with Crippen LogP contribution in [0.15, 0.2) is 48.5 Å². The summed E-state index contributed by atoms with van der Waals surface area (Å²) in [5, 5.41) is 0. The Kier molecular flexibility index (Phi) is 5.78. The second-order valence-electron chi connectivity index (χ2n) is 4.24. The molecule has 0 heterocycles. The summed E-state index contributed by atoms with van der Waals surface area (Å²) in [5.41, 5.74) is 15.1. The van der Waals surface area contributed by atoms with Crippen molar-refractivity contribution in [2.75, 3.05) is 11.5 Å². The van der Waals surface area contributed by atoms with Gasteiger partial charge >= 0.3 is 0 Å². The third-order valence-electron chi connectivity index (χ3n) is 2.65. The molecule has 0 saturated heterocycles. The van der Waals surface area contributed by atoms with Crippen LogP contribution in [0.2, 0.25) is 0 Å². The molecule has 0 spiro atoms. The number of nitrogen functional groups attached to an aromatic ring is 2. The summed E-state index contributed by atoms with van der Waals surface area (Å²) in [6, 6.07) is 15.6. The molecule has 18 heavy (non-hydrogen) atoms. The van der Waals surface area contributed by atoms with Gasteiger partial charge in [0.05, 0.1) is 0 Å². The maximum atomic E-state index is 5.61. The van der Waals surface area contributed by atoms with Gasteiger partial charge in [-0.3, -0.25) is 0 Å². The Hall–Kier alpha value is -1.96. The first-order chi connectivity index (χ1) is 8.67. The molecule has 4 N–H and O–H groups in total. The van der Waals surface area contributed by atoms with Crippen molar-refractivity contribution in [1.29, 1.82) is 0 Å². The van der Waals surface area contributed by atoms with E-state index in [1.165, 1.54) is 12.8 Å². The highest BCUT2D eigenvalue weighted by molar-refractivity contribution is 5.67. The summed E-state index contributed by atoms with van der Waals surface area (Å²) >= 11 is 0. The molecule has 0 aliphatic rings. The average molecular weight is 242 g/mol. The van der Waals surface area contributed by atoms with Crippen LogP contribution >= 0.6 is 0 Å². The monoisotopic (exact) mass is 242 g/mol. The number of hydrogen-bond donors (Lipinski definition) is 2. The Labute approximate surface area is 110 Å². The molecule has 96 valence electrons. The van der Waals surface area contributed by atoms with E-state index >= 15 is 0 Å². The van der Waals surface area contributed by atoms with Crippen molar-refractivity contribution in [1.82, 2.24) is 0 Å². The minimum absolute atomic E-state index is 0.782. The van der Waals surface area contributed by atoms with Crippen molar-refractivity contribution in [3.05, 3.63) is 48.5 Å². The largest absolute Gasteiger partial charge is 0.399 e. The topological polar surface area (TPSA) is 52.0 Å². The van der Waals surface area contributed by atoms with Crippen LogP contribution in [-0.4, -0.2) is 0 Å². The Balaban J connectivity index is 0.000000357. The molecule has 0 radical (unpaired) electrons. The minimum Gasteiger partial charge on any atom is -0.399 e. The highest BCUT2D eigenvalue weighted by Gasteiger charge is 1.95. The molecular formula is C16H22N2. The Bertz CT molecular complexity index is 398. The Morgan fingerprint density at radius 3 is 1.11 bits per heavy atom. The molecule has 0 atom stereocenters. The first-order valence-electron chi connectivity index (χ1n) is 6.38. The number of hydrogen-bond acceptors (Lipinski definition) is 2. The molecule has 2 aromatic carbocycles. The SMILES string of the molecule is CCCC.Nc1ccc(-c2ccc(N)cc2)cc1. The van der Waals surface area contributed by atoms with Crippen LogP contribution in [0.5, 0.6) is 0 Å². The summed E-state index contributed by atoms with van der Waals surface area (Å²) in [4.78, 5) is 0. The fourth-order valence-corrected chi connectivity index (χ4v) is 1.35. The van der Waals surface area contributed by atoms with E-state index in [0.29, 0.717) is 0 Å². The number of anilines is 2. The van der Waals surface area contributed by atoms with Crippen molar-refractivity contribution >= 4 is 11.4 Å². The van der Waals surface area contributed by atoms with E-state index in [0.717, 1.165) is 22.5 Å². The minimum atomic E-state index is 0.782. The van der Waals surface area contributed by atoms with E-state index in [1.807, 2.05) is 48.5 Å². The summed E-state index contributed by atoms with van der Waals surface area (Å²) < 4.78 is 0. The number of nitrogens with two attached hydrogens (primary N) is 2. The van der Waals surface area contributed by atoms with Gasteiger partial charge < -0.3 is 11.5 Å². The molecule has 0 fully saturated rings. The normalized spacial score (nSPS) is 9.44. The smallest absolute Gasteiger partial charge is 0.0314 e. The van der Waals surface area contributed by atoms with Gasteiger partial charge in [0, 0.05) is 11.4 Å². The van der Waals surface area contributed by atoms with Gasteiger partial charge in [-0.25, -0.2) is 0 Å². The molecule has 0 aromatic heterocycles. The zero-order valence-corrected chi connectivity index (χ0v) is 11.2. The molecule has 2 aromatic rings. The van der Waals surface area contributed by atoms with Crippen LogP contribution < -0.4 is 11.5 Å². The summed E-state index contributed by atoms with van der Waals surface area (Å²) in [5.74, 6) is 0. The van der Waals surface area contributed by atoms with Crippen molar-refractivity contribution in [2.45, 2.75) is 26.7 Å². The Morgan fingerprint density at radius 2 is 0.889 bits per heavy atom. The van der Waals surface area contributed by atoms with Crippen LogP contribution in [0, 0.1) is 0 Å². The van der Waals surface area contributed by atoms with Gasteiger partial charge in [-0.2, -0.15) is 0 Å². The second-order valence-corrected chi connectivity index (χ2v) is 4.24. The van der Waals surface area contributed by atoms with Crippen molar-refractivity contribution < 1.29 is 0 Å². The predicted molar refractivity (Wildman–Crippen MR) is 81.3 cm³/mol. The van der Waals surface area contributed by atoms with Crippen LogP contribution in [0.3, 0.4) is 0 Å². The average Bonchev–Trinajstić information content (AvgIpc) is 2.41. The van der Waals surface area contributed by atoms with Gasteiger partial charge in [0.2, 0.25) is 0 Å². The molecule has 0 saturated carbocycles. The van der Waals surface area contributed by atoms with Gasteiger partial charge in [0.25, 0.3) is 0 Å². The molecule has 0 aliphatic carbocycles. The first-order valence-corrected chi connectivity index (χ1v) is 6.38. The van der Waals surface area contributed by atoms with Crippen LogP contribution in [0.25, 0.3) is 11.1 Å². The van der Waals surface area contributed by atoms with E-state index in [9.17, 15) is 0 Å². The predicted octanol–water partition coefficient (Wildman–Crippen LogP) is 4.32. The van der Waals surface area contributed by atoms with Crippen molar-refractivity contribution in [2.24, 2.45) is 0 Å². The molecule has 0 unspecified atom stereocenters. The highest BCUT2D eigenvalue weighted by atomic mass is 14.5. The van der Waals surface area contributed by atoms with E-state index in [-0.39, 0.29) is 0 Å². The van der Waals surface area contributed by atoms with Gasteiger partial charge in [-0.05, 0) is 35.4 Å². The van der Waals surface area contributed by atoms with Crippen molar-refractivity contribution in [3.63, 3.8) is 0 Å². The number of benzene rings is 2. The molecular weight excluding hydrogens is 220 g/mol. The van der Waals surface area contributed by atoms with Crippen molar-refractivity contribution in [3.8, 4) is 11.1 Å². The molecule has 2 nitrogen and oxygen atoms in total. The fourth-order valence-electron chi connectivity index (χ4n) is 1.35. The third-order valence-corrected chi connectivity index (χ3v) is 2.65. The standard InChI is InChI=1S/C12H12N2.C4H10/c13-11-5-1-9(2-6-11)10-3-7-12(14)8-4-10;1-3-4-2/h1-8H,13-14H2;3-4H2,1-2H3. The molecule has 0 aliphatic heterocycles. The van der Waals surface area contributed by atoms with Gasteiger partial charge in [-0.1, -0.05) is 51.0 Å². The molecule has 2 heteroatoms. The first kappa shape index (κ1) is 14.1. The van der Waals surface area contributed by atoms with Gasteiger partial charge in [-0.15, -0.1) is 0 Å². The zero-order chi connectivity index (χ0) is 13.4. The molecule has 2 rings (SSSR count). The zero-order valence-electron chi connectivity index (χ0n) is 11.2. The summed E-state index contributed by atoms with van der Waals surface area (Å²) in [7, 11) is 0.